The molecule has 7 heteroatoms. The first kappa shape index (κ1) is 19.0. The van der Waals surface area contributed by atoms with E-state index in [0.29, 0.717) is 35.1 Å². The second kappa shape index (κ2) is 9.85. The van der Waals surface area contributed by atoms with Crippen LogP contribution in [0.4, 0.5) is 0 Å². The summed E-state index contributed by atoms with van der Waals surface area (Å²) in [4.78, 5) is 16.6. The molecule has 5 nitrogen and oxygen atoms in total. The molecule has 0 N–H and O–H groups in total. The maximum absolute atomic E-state index is 12.7. The zero-order chi connectivity index (χ0) is 17.4. The van der Waals surface area contributed by atoms with Crippen molar-refractivity contribution in [2.75, 3.05) is 45.9 Å². The predicted octanol–water partition coefficient (Wildman–Crippen LogP) is 2.61. The monoisotopic (exact) mass is 369 g/mol. The number of halogens is 2. The summed E-state index contributed by atoms with van der Waals surface area (Å²) in [5.41, 5.74) is 0.638. The number of morpholine rings is 1. The van der Waals surface area contributed by atoms with Gasteiger partial charge in [0.2, 0.25) is 5.91 Å². The van der Waals surface area contributed by atoms with E-state index in [9.17, 15) is 4.79 Å². The molecule has 1 aromatic rings. The number of rotatable bonds is 7. The highest BCUT2D eigenvalue weighted by molar-refractivity contribution is 6.36. The highest BCUT2D eigenvalue weighted by Gasteiger charge is 2.19. The SMILES string of the molecule is N#CCCN(CCN1CCOCC1)C(=O)Cc1c(Cl)cccc1Cl. The topological polar surface area (TPSA) is 56.6 Å². The third kappa shape index (κ3) is 5.64. The first-order chi connectivity index (χ1) is 11.6. The van der Waals surface area contributed by atoms with Crippen LogP contribution in [0, 0.1) is 11.3 Å². The highest BCUT2D eigenvalue weighted by Crippen LogP contribution is 2.25. The molecular formula is C17H21Cl2N3O2. The van der Waals surface area contributed by atoms with Crippen molar-refractivity contribution in [1.29, 1.82) is 5.26 Å². The lowest BCUT2D eigenvalue weighted by atomic mass is 10.1. The lowest BCUT2D eigenvalue weighted by Crippen LogP contribution is -2.43. The fourth-order valence-corrected chi connectivity index (χ4v) is 3.13. The molecule has 2 rings (SSSR count). The molecule has 0 atom stereocenters. The lowest BCUT2D eigenvalue weighted by Gasteiger charge is -2.30. The summed E-state index contributed by atoms with van der Waals surface area (Å²) in [6, 6.07) is 7.30. The van der Waals surface area contributed by atoms with Crippen molar-refractivity contribution in [3.63, 3.8) is 0 Å². The Balaban J connectivity index is 1.97. The molecule has 1 heterocycles. The van der Waals surface area contributed by atoms with Crippen LogP contribution in [0.5, 0.6) is 0 Å². The summed E-state index contributed by atoms with van der Waals surface area (Å²) in [6.45, 7) is 4.97. The molecule has 0 bridgehead atoms. The van der Waals surface area contributed by atoms with Gasteiger partial charge in [-0.3, -0.25) is 9.69 Å². The summed E-state index contributed by atoms with van der Waals surface area (Å²) in [5.74, 6) is -0.0616. The number of hydrogen-bond donors (Lipinski definition) is 0. The molecule has 1 aliphatic heterocycles. The Morgan fingerprint density at radius 1 is 1.25 bits per heavy atom. The molecule has 1 aliphatic rings. The molecule has 0 unspecified atom stereocenters. The molecule has 1 fully saturated rings. The summed E-state index contributed by atoms with van der Waals surface area (Å²) in [5, 5.41) is 9.81. The maximum atomic E-state index is 12.7. The summed E-state index contributed by atoms with van der Waals surface area (Å²) in [7, 11) is 0. The van der Waals surface area contributed by atoms with E-state index in [0.717, 1.165) is 32.8 Å². The fraction of sp³-hybridized carbons (Fsp3) is 0.529. The first-order valence-electron chi connectivity index (χ1n) is 7.99. The van der Waals surface area contributed by atoms with Gasteiger partial charge in [-0.15, -0.1) is 0 Å². The molecule has 0 radical (unpaired) electrons. The van der Waals surface area contributed by atoms with Crippen molar-refractivity contribution >= 4 is 29.1 Å². The molecule has 0 aromatic heterocycles. The van der Waals surface area contributed by atoms with Gasteiger partial charge in [0.15, 0.2) is 0 Å². The Labute approximate surface area is 152 Å². The number of ether oxygens (including phenoxy) is 1. The van der Waals surface area contributed by atoms with Crippen LogP contribution in [0.25, 0.3) is 0 Å². The van der Waals surface area contributed by atoms with Gasteiger partial charge in [0.1, 0.15) is 0 Å². The van der Waals surface area contributed by atoms with Crippen LogP contribution in [-0.4, -0.2) is 61.6 Å². The minimum absolute atomic E-state index is 0.0616. The summed E-state index contributed by atoms with van der Waals surface area (Å²) < 4.78 is 5.33. The maximum Gasteiger partial charge on any atom is 0.227 e. The number of benzene rings is 1. The summed E-state index contributed by atoms with van der Waals surface area (Å²) >= 11 is 12.3. The quantitative estimate of drug-likeness (QED) is 0.741. The zero-order valence-electron chi connectivity index (χ0n) is 13.5. The number of amides is 1. The zero-order valence-corrected chi connectivity index (χ0v) is 15.0. The second-order valence-electron chi connectivity index (χ2n) is 5.62. The van der Waals surface area contributed by atoms with E-state index in [-0.39, 0.29) is 12.3 Å². The minimum atomic E-state index is -0.0616. The van der Waals surface area contributed by atoms with Crippen LogP contribution in [0.3, 0.4) is 0 Å². The van der Waals surface area contributed by atoms with Crippen molar-refractivity contribution in [3.8, 4) is 6.07 Å². The van der Waals surface area contributed by atoms with Crippen molar-refractivity contribution in [2.45, 2.75) is 12.8 Å². The van der Waals surface area contributed by atoms with Crippen molar-refractivity contribution in [2.24, 2.45) is 0 Å². The number of carbonyl (C=O) groups excluding carboxylic acids is 1. The van der Waals surface area contributed by atoms with Crippen LogP contribution in [-0.2, 0) is 16.0 Å². The second-order valence-corrected chi connectivity index (χ2v) is 6.43. The first-order valence-corrected chi connectivity index (χ1v) is 8.75. The Bertz CT molecular complexity index is 578. The van der Waals surface area contributed by atoms with E-state index in [2.05, 4.69) is 11.0 Å². The van der Waals surface area contributed by atoms with Crippen molar-refractivity contribution in [1.82, 2.24) is 9.80 Å². The molecule has 0 spiro atoms. The van der Waals surface area contributed by atoms with Crippen LogP contribution < -0.4 is 0 Å². The predicted molar refractivity (Wildman–Crippen MR) is 94.2 cm³/mol. The Morgan fingerprint density at radius 3 is 2.54 bits per heavy atom. The minimum Gasteiger partial charge on any atom is -0.379 e. The van der Waals surface area contributed by atoms with Crippen LogP contribution in [0.2, 0.25) is 10.0 Å². The normalized spacial score (nSPS) is 15.0. The fourth-order valence-electron chi connectivity index (χ4n) is 2.60. The van der Waals surface area contributed by atoms with E-state index in [4.69, 9.17) is 33.2 Å². The van der Waals surface area contributed by atoms with Crippen LogP contribution >= 0.6 is 23.2 Å². The van der Waals surface area contributed by atoms with Gasteiger partial charge in [-0.25, -0.2) is 0 Å². The highest BCUT2D eigenvalue weighted by atomic mass is 35.5. The Morgan fingerprint density at radius 2 is 1.92 bits per heavy atom. The number of carbonyl (C=O) groups is 1. The molecule has 130 valence electrons. The average molecular weight is 370 g/mol. The van der Waals surface area contributed by atoms with Gasteiger partial charge in [0.25, 0.3) is 0 Å². The third-order valence-corrected chi connectivity index (χ3v) is 4.73. The van der Waals surface area contributed by atoms with Crippen molar-refractivity contribution < 1.29 is 9.53 Å². The van der Waals surface area contributed by atoms with Gasteiger partial charge in [0.05, 0.1) is 32.1 Å². The lowest BCUT2D eigenvalue weighted by molar-refractivity contribution is -0.130. The van der Waals surface area contributed by atoms with Gasteiger partial charge in [0, 0.05) is 42.8 Å². The molecular weight excluding hydrogens is 349 g/mol. The van der Waals surface area contributed by atoms with Crippen LogP contribution in [0.1, 0.15) is 12.0 Å². The summed E-state index contributed by atoms with van der Waals surface area (Å²) in [6.07, 6.45) is 0.456. The van der Waals surface area contributed by atoms with E-state index in [1.165, 1.54) is 0 Å². The molecule has 1 amide bonds. The molecule has 1 saturated heterocycles. The number of nitrogens with zero attached hydrogens (tertiary/aromatic N) is 3. The Hall–Kier alpha value is -1.32. The van der Waals surface area contributed by atoms with E-state index in [1.807, 2.05) is 0 Å². The largest absolute Gasteiger partial charge is 0.379 e. The molecule has 0 saturated carbocycles. The third-order valence-electron chi connectivity index (χ3n) is 4.03. The standard InChI is InChI=1S/C17H21Cl2N3O2/c18-15-3-1-4-16(19)14(15)13-17(23)22(6-2-5-20)8-7-21-9-11-24-12-10-21/h1,3-4H,2,6-13H2. The van der Waals surface area contributed by atoms with Gasteiger partial charge in [-0.05, 0) is 17.7 Å². The van der Waals surface area contributed by atoms with Gasteiger partial charge in [-0.1, -0.05) is 29.3 Å². The van der Waals surface area contributed by atoms with Crippen LogP contribution in [0.15, 0.2) is 18.2 Å². The van der Waals surface area contributed by atoms with E-state index >= 15 is 0 Å². The van der Waals surface area contributed by atoms with Gasteiger partial charge < -0.3 is 9.64 Å². The molecule has 1 aromatic carbocycles. The Kier molecular flexibility index (Phi) is 7.80. The molecule has 24 heavy (non-hydrogen) atoms. The van der Waals surface area contributed by atoms with E-state index < -0.39 is 0 Å². The molecule has 0 aliphatic carbocycles. The van der Waals surface area contributed by atoms with E-state index in [1.54, 1.807) is 23.1 Å². The van der Waals surface area contributed by atoms with Crippen molar-refractivity contribution in [3.05, 3.63) is 33.8 Å². The van der Waals surface area contributed by atoms with Gasteiger partial charge in [-0.2, -0.15) is 5.26 Å². The van der Waals surface area contributed by atoms with Gasteiger partial charge >= 0.3 is 0 Å². The average Bonchev–Trinajstić information content (AvgIpc) is 2.59. The number of hydrogen-bond acceptors (Lipinski definition) is 4. The smallest absolute Gasteiger partial charge is 0.227 e. The number of nitriles is 1.